The van der Waals surface area contributed by atoms with E-state index in [9.17, 15) is 0 Å². The fourth-order valence-electron chi connectivity index (χ4n) is 2.81. The van der Waals surface area contributed by atoms with E-state index in [0.29, 0.717) is 5.25 Å². The van der Waals surface area contributed by atoms with Crippen molar-refractivity contribution in [2.75, 3.05) is 19.8 Å². The molecule has 2 rings (SSSR count). The van der Waals surface area contributed by atoms with Gasteiger partial charge in [-0.25, -0.2) is 0 Å². The van der Waals surface area contributed by atoms with Gasteiger partial charge in [0.05, 0.1) is 18.7 Å². The number of aliphatic imine (C=N–C) groups is 1. The molecule has 3 nitrogen and oxygen atoms in total. The number of hydrogen-bond acceptors (Lipinski definition) is 4. The highest BCUT2D eigenvalue weighted by Crippen LogP contribution is 2.31. The van der Waals surface area contributed by atoms with E-state index >= 15 is 0 Å². The number of ether oxygens (including phenoxy) is 1. The summed E-state index contributed by atoms with van der Waals surface area (Å²) >= 11 is 1.94. The van der Waals surface area contributed by atoms with Gasteiger partial charge in [-0.15, -0.1) is 0 Å². The standard InChI is InChI=1S/C14H26N2OS/c1-4-11(5-2)12-9-15-13(18-12)16-14(3)7-6-8-17-10-14/h11-12H,4-10H2,1-3H3,(H,15,16). The number of rotatable bonds is 4. The molecular weight excluding hydrogens is 244 g/mol. The Hall–Kier alpha value is -0.220. The van der Waals surface area contributed by atoms with Crippen LogP contribution in [0.1, 0.15) is 46.5 Å². The minimum atomic E-state index is 0.0902. The smallest absolute Gasteiger partial charge is 0.157 e. The maximum Gasteiger partial charge on any atom is 0.157 e. The lowest BCUT2D eigenvalue weighted by atomic mass is 9.95. The van der Waals surface area contributed by atoms with Crippen LogP contribution in [0.4, 0.5) is 0 Å². The summed E-state index contributed by atoms with van der Waals surface area (Å²) in [6, 6.07) is 0. The third kappa shape index (κ3) is 3.41. The summed E-state index contributed by atoms with van der Waals surface area (Å²) in [5, 5.41) is 5.43. The van der Waals surface area contributed by atoms with Crippen LogP contribution in [0.2, 0.25) is 0 Å². The molecule has 104 valence electrons. The molecule has 0 radical (unpaired) electrons. The van der Waals surface area contributed by atoms with Gasteiger partial charge in [0.1, 0.15) is 0 Å². The zero-order chi connectivity index (χ0) is 13.0. The van der Waals surface area contributed by atoms with Crippen LogP contribution in [0, 0.1) is 5.92 Å². The Labute approximate surface area is 115 Å². The van der Waals surface area contributed by atoms with Crippen LogP contribution in [0.3, 0.4) is 0 Å². The van der Waals surface area contributed by atoms with E-state index in [4.69, 9.17) is 4.74 Å². The van der Waals surface area contributed by atoms with Crippen LogP contribution < -0.4 is 5.32 Å². The Balaban J connectivity index is 1.85. The molecule has 2 aliphatic rings. The molecule has 18 heavy (non-hydrogen) atoms. The molecule has 0 saturated carbocycles. The Morgan fingerprint density at radius 1 is 1.50 bits per heavy atom. The molecule has 4 heteroatoms. The second kappa shape index (κ2) is 6.29. The molecule has 2 heterocycles. The first-order chi connectivity index (χ1) is 8.67. The minimum Gasteiger partial charge on any atom is -0.379 e. The Bertz CT molecular complexity index is 296. The average Bonchev–Trinajstić information content (AvgIpc) is 2.79. The highest BCUT2D eigenvalue weighted by molar-refractivity contribution is 8.14. The Morgan fingerprint density at radius 3 is 2.89 bits per heavy atom. The van der Waals surface area contributed by atoms with Gasteiger partial charge in [-0.05, 0) is 25.7 Å². The summed E-state index contributed by atoms with van der Waals surface area (Å²) in [7, 11) is 0. The third-order valence-corrected chi connectivity index (χ3v) is 5.39. The third-order valence-electron chi connectivity index (χ3n) is 4.10. The quantitative estimate of drug-likeness (QED) is 0.852. The second-order valence-corrected chi connectivity index (χ2v) is 6.95. The van der Waals surface area contributed by atoms with Crippen LogP contribution in [0.5, 0.6) is 0 Å². The monoisotopic (exact) mass is 270 g/mol. The van der Waals surface area contributed by atoms with E-state index < -0.39 is 0 Å². The first-order valence-corrected chi connectivity index (χ1v) is 8.12. The molecule has 2 atom stereocenters. The zero-order valence-corrected chi connectivity index (χ0v) is 12.7. The van der Waals surface area contributed by atoms with Crippen LogP contribution in [-0.2, 0) is 4.74 Å². The molecule has 1 fully saturated rings. The van der Waals surface area contributed by atoms with Crippen molar-refractivity contribution in [3.8, 4) is 0 Å². The highest BCUT2D eigenvalue weighted by atomic mass is 32.2. The lowest BCUT2D eigenvalue weighted by Crippen LogP contribution is -2.50. The summed E-state index contributed by atoms with van der Waals surface area (Å²) in [6.07, 6.45) is 4.86. The van der Waals surface area contributed by atoms with Crippen molar-refractivity contribution in [2.24, 2.45) is 10.9 Å². The van der Waals surface area contributed by atoms with Gasteiger partial charge in [0, 0.05) is 11.9 Å². The topological polar surface area (TPSA) is 33.6 Å². The van der Waals surface area contributed by atoms with Crippen molar-refractivity contribution in [2.45, 2.75) is 57.2 Å². The predicted octanol–water partition coefficient (Wildman–Crippen LogP) is 3.05. The van der Waals surface area contributed by atoms with Crippen LogP contribution in [-0.4, -0.2) is 35.7 Å². The van der Waals surface area contributed by atoms with Crippen LogP contribution >= 0.6 is 11.8 Å². The molecule has 0 aromatic carbocycles. The van der Waals surface area contributed by atoms with Crippen molar-refractivity contribution in [1.82, 2.24) is 5.32 Å². The van der Waals surface area contributed by atoms with E-state index in [1.54, 1.807) is 0 Å². The van der Waals surface area contributed by atoms with Crippen molar-refractivity contribution in [1.29, 1.82) is 0 Å². The number of nitrogens with one attached hydrogen (secondary N) is 1. The van der Waals surface area contributed by atoms with Gasteiger partial charge in [0.25, 0.3) is 0 Å². The van der Waals surface area contributed by atoms with Crippen molar-refractivity contribution in [3.63, 3.8) is 0 Å². The first kappa shape index (κ1) is 14.2. The van der Waals surface area contributed by atoms with Gasteiger partial charge in [0.15, 0.2) is 5.17 Å². The normalized spacial score (nSPS) is 32.7. The number of nitrogens with zero attached hydrogens (tertiary/aromatic N) is 1. The molecule has 1 N–H and O–H groups in total. The highest BCUT2D eigenvalue weighted by Gasteiger charge is 2.32. The molecule has 0 amide bonds. The van der Waals surface area contributed by atoms with Gasteiger partial charge in [0.2, 0.25) is 0 Å². The average molecular weight is 270 g/mol. The number of hydrogen-bond donors (Lipinski definition) is 1. The van der Waals surface area contributed by atoms with Crippen LogP contribution in [0.15, 0.2) is 4.99 Å². The molecule has 0 bridgehead atoms. The van der Waals surface area contributed by atoms with Crippen molar-refractivity contribution in [3.05, 3.63) is 0 Å². The summed E-state index contributed by atoms with van der Waals surface area (Å²) in [5.74, 6) is 0.800. The fourth-order valence-corrected chi connectivity index (χ4v) is 4.28. The van der Waals surface area contributed by atoms with Crippen molar-refractivity contribution >= 4 is 16.9 Å². The minimum absolute atomic E-state index is 0.0902. The summed E-state index contributed by atoms with van der Waals surface area (Å²) in [5.41, 5.74) is 0.0902. The molecule has 0 aromatic heterocycles. The molecule has 2 unspecified atom stereocenters. The molecule has 0 aliphatic carbocycles. The maximum atomic E-state index is 5.59. The lowest BCUT2D eigenvalue weighted by Gasteiger charge is -2.35. The van der Waals surface area contributed by atoms with E-state index in [0.717, 1.165) is 37.3 Å². The molecule has 0 spiro atoms. The van der Waals surface area contributed by atoms with Gasteiger partial charge in [-0.3, -0.25) is 4.99 Å². The van der Waals surface area contributed by atoms with E-state index in [2.05, 4.69) is 31.1 Å². The maximum absolute atomic E-state index is 5.59. The summed E-state index contributed by atoms with van der Waals surface area (Å²) in [4.78, 5) is 4.69. The summed E-state index contributed by atoms with van der Waals surface area (Å²) in [6.45, 7) is 9.53. The summed E-state index contributed by atoms with van der Waals surface area (Å²) < 4.78 is 5.59. The van der Waals surface area contributed by atoms with Gasteiger partial charge >= 0.3 is 0 Å². The second-order valence-electron chi connectivity index (χ2n) is 5.72. The molecular formula is C14H26N2OS. The molecule has 1 saturated heterocycles. The van der Waals surface area contributed by atoms with Crippen molar-refractivity contribution < 1.29 is 4.74 Å². The number of amidine groups is 1. The number of thioether (sulfide) groups is 1. The van der Waals surface area contributed by atoms with Crippen LogP contribution in [0.25, 0.3) is 0 Å². The predicted molar refractivity (Wildman–Crippen MR) is 79.3 cm³/mol. The molecule has 0 aromatic rings. The van der Waals surface area contributed by atoms with E-state index in [1.165, 1.54) is 19.3 Å². The fraction of sp³-hybridized carbons (Fsp3) is 0.929. The Morgan fingerprint density at radius 2 is 2.28 bits per heavy atom. The van der Waals surface area contributed by atoms with E-state index in [-0.39, 0.29) is 5.54 Å². The molecule has 2 aliphatic heterocycles. The van der Waals surface area contributed by atoms with Gasteiger partial charge in [-0.2, -0.15) is 0 Å². The largest absolute Gasteiger partial charge is 0.379 e. The van der Waals surface area contributed by atoms with Gasteiger partial charge < -0.3 is 10.1 Å². The first-order valence-electron chi connectivity index (χ1n) is 7.24. The zero-order valence-electron chi connectivity index (χ0n) is 11.9. The Kier molecular flexibility index (Phi) is 4.96. The lowest BCUT2D eigenvalue weighted by molar-refractivity contribution is 0.0375. The van der Waals surface area contributed by atoms with Gasteiger partial charge in [-0.1, -0.05) is 38.5 Å². The SMILES string of the molecule is CCC(CC)C1CN=C(NC2(C)CCCOC2)S1. The van der Waals surface area contributed by atoms with E-state index in [1.807, 2.05) is 11.8 Å².